The number of nitrogens with zero attached hydrogens (tertiary/aromatic N) is 1. The van der Waals surface area contributed by atoms with E-state index < -0.39 is 0 Å². The molecule has 1 fully saturated rings. The fourth-order valence-corrected chi connectivity index (χ4v) is 3.67. The second-order valence-corrected chi connectivity index (χ2v) is 6.29. The zero-order valence-electron chi connectivity index (χ0n) is 11.9. The van der Waals surface area contributed by atoms with Gasteiger partial charge in [0.25, 0.3) is 0 Å². The van der Waals surface area contributed by atoms with Gasteiger partial charge in [0.2, 0.25) is 0 Å². The summed E-state index contributed by atoms with van der Waals surface area (Å²) in [7, 11) is 0. The molecule has 0 aromatic carbocycles. The van der Waals surface area contributed by atoms with E-state index in [4.69, 9.17) is 12.2 Å². The van der Waals surface area contributed by atoms with E-state index in [2.05, 4.69) is 37.7 Å². The van der Waals surface area contributed by atoms with Crippen LogP contribution in [0.25, 0.3) is 0 Å². The summed E-state index contributed by atoms with van der Waals surface area (Å²) in [6, 6.07) is 0. The first-order valence-electron chi connectivity index (χ1n) is 7.13. The summed E-state index contributed by atoms with van der Waals surface area (Å²) in [6.45, 7) is 8.77. The highest BCUT2D eigenvalue weighted by molar-refractivity contribution is 7.71. The summed E-state index contributed by atoms with van der Waals surface area (Å²) in [4.78, 5) is 8.17. The second kappa shape index (κ2) is 5.52. The molecule has 2 rings (SSSR count). The van der Waals surface area contributed by atoms with Gasteiger partial charge in [0.15, 0.2) is 0 Å². The van der Waals surface area contributed by atoms with Gasteiger partial charge in [0, 0.05) is 17.2 Å². The van der Waals surface area contributed by atoms with Crippen molar-refractivity contribution in [2.75, 3.05) is 0 Å². The Kier molecular flexibility index (Phi) is 4.21. The van der Waals surface area contributed by atoms with E-state index in [9.17, 15) is 0 Å². The highest BCUT2D eigenvalue weighted by Gasteiger charge is 2.26. The van der Waals surface area contributed by atoms with Gasteiger partial charge in [-0.1, -0.05) is 39.4 Å². The largest absolute Gasteiger partial charge is 0.347 e. The Hall–Kier alpha value is -0.700. The van der Waals surface area contributed by atoms with Gasteiger partial charge < -0.3 is 4.98 Å². The molecule has 0 radical (unpaired) electrons. The lowest BCUT2D eigenvalue weighted by Crippen LogP contribution is -2.07. The number of aromatic nitrogens is 2. The molecular formula is C15H24N2S. The highest BCUT2D eigenvalue weighted by Crippen LogP contribution is 2.38. The first-order chi connectivity index (χ1) is 8.52. The first-order valence-corrected chi connectivity index (χ1v) is 7.54. The van der Waals surface area contributed by atoms with Crippen LogP contribution < -0.4 is 0 Å². The van der Waals surface area contributed by atoms with Crippen LogP contribution in [-0.2, 0) is 0 Å². The van der Waals surface area contributed by atoms with Crippen LogP contribution in [0.1, 0.15) is 75.4 Å². The summed E-state index contributed by atoms with van der Waals surface area (Å²) in [5, 5.41) is 0. The monoisotopic (exact) mass is 264 g/mol. The van der Waals surface area contributed by atoms with E-state index in [0.29, 0.717) is 11.8 Å². The predicted octanol–water partition coefficient (Wildman–Crippen LogP) is 4.86. The lowest BCUT2D eigenvalue weighted by atomic mass is 10.0. The van der Waals surface area contributed by atoms with Crippen molar-refractivity contribution in [1.82, 2.24) is 9.97 Å². The molecule has 100 valence electrons. The molecule has 2 unspecified atom stereocenters. The molecule has 3 heteroatoms. The zero-order chi connectivity index (χ0) is 13.3. The Bertz CT molecular complexity index is 476. The van der Waals surface area contributed by atoms with Crippen LogP contribution in [0.3, 0.4) is 0 Å². The Balaban J connectivity index is 2.29. The molecule has 1 heterocycles. The number of nitrogens with one attached hydrogen (secondary N) is 1. The topological polar surface area (TPSA) is 28.7 Å². The van der Waals surface area contributed by atoms with E-state index in [1.54, 1.807) is 0 Å². The van der Waals surface area contributed by atoms with Crippen molar-refractivity contribution >= 4 is 12.2 Å². The lowest BCUT2D eigenvalue weighted by molar-refractivity contribution is 0.516. The van der Waals surface area contributed by atoms with Crippen molar-refractivity contribution in [3.63, 3.8) is 0 Å². The molecule has 18 heavy (non-hydrogen) atoms. The van der Waals surface area contributed by atoms with Crippen molar-refractivity contribution in [2.24, 2.45) is 5.92 Å². The molecule has 0 spiro atoms. The van der Waals surface area contributed by atoms with Gasteiger partial charge in [-0.25, -0.2) is 4.98 Å². The van der Waals surface area contributed by atoms with Gasteiger partial charge in [-0.3, -0.25) is 0 Å². The minimum atomic E-state index is 0.447. The molecule has 0 amide bonds. The van der Waals surface area contributed by atoms with Crippen LogP contribution in [0.15, 0.2) is 0 Å². The van der Waals surface area contributed by atoms with Crippen LogP contribution in [0, 0.1) is 17.5 Å². The third kappa shape index (κ3) is 2.66. The van der Waals surface area contributed by atoms with Crippen molar-refractivity contribution in [2.45, 2.75) is 65.2 Å². The molecule has 1 aliphatic rings. The summed E-state index contributed by atoms with van der Waals surface area (Å²) < 4.78 is 0.802. The summed E-state index contributed by atoms with van der Waals surface area (Å²) in [6.07, 6.45) is 5.17. The van der Waals surface area contributed by atoms with Crippen LogP contribution in [0.5, 0.6) is 0 Å². The quantitative estimate of drug-likeness (QED) is 0.789. The predicted molar refractivity (Wildman–Crippen MR) is 78.6 cm³/mol. The van der Waals surface area contributed by atoms with E-state index in [0.717, 1.165) is 16.4 Å². The summed E-state index contributed by atoms with van der Waals surface area (Å²) in [5.41, 5.74) is 2.42. The van der Waals surface area contributed by atoms with Gasteiger partial charge in [-0.15, -0.1) is 0 Å². The summed E-state index contributed by atoms with van der Waals surface area (Å²) >= 11 is 5.47. The van der Waals surface area contributed by atoms with Crippen LogP contribution in [0.2, 0.25) is 0 Å². The molecule has 1 N–H and O–H groups in total. The van der Waals surface area contributed by atoms with E-state index in [1.807, 2.05) is 0 Å². The minimum Gasteiger partial charge on any atom is -0.347 e. The van der Waals surface area contributed by atoms with E-state index >= 15 is 0 Å². The molecule has 1 aromatic heterocycles. The van der Waals surface area contributed by atoms with Crippen molar-refractivity contribution in [1.29, 1.82) is 0 Å². The zero-order valence-corrected chi connectivity index (χ0v) is 12.7. The van der Waals surface area contributed by atoms with Crippen molar-refractivity contribution in [3.05, 3.63) is 21.7 Å². The average molecular weight is 264 g/mol. The normalized spacial score (nSPS) is 23.8. The number of rotatable bonds is 3. The third-order valence-electron chi connectivity index (χ3n) is 4.25. The molecule has 1 aliphatic carbocycles. The molecule has 1 aromatic rings. The molecule has 0 saturated heterocycles. The molecule has 0 bridgehead atoms. The molecule has 0 aliphatic heterocycles. The van der Waals surface area contributed by atoms with Gasteiger partial charge in [-0.05, 0) is 38.0 Å². The van der Waals surface area contributed by atoms with Crippen LogP contribution in [0.4, 0.5) is 0 Å². The van der Waals surface area contributed by atoms with Gasteiger partial charge in [0.1, 0.15) is 10.5 Å². The maximum Gasteiger partial charge on any atom is 0.133 e. The SMILES string of the molecule is CCC1CCC(c2nc(=S)c(C(C)C)c(C)[nH]2)C1. The van der Waals surface area contributed by atoms with Gasteiger partial charge >= 0.3 is 0 Å². The maximum atomic E-state index is 5.47. The van der Waals surface area contributed by atoms with Crippen LogP contribution in [-0.4, -0.2) is 9.97 Å². The Morgan fingerprint density at radius 3 is 2.61 bits per heavy atom. The minimum absolute atomic E-state index is 0.447. The smallest absolute Gasteiger partial charge is 0.133 e. The lowest BCUT2D eigenvalue weighted by Gasteiger charge is -2.15. The fraction of sp³-hybridized carbons (Fsp3) is 0.733. The summed E-state index contributed by atoms with van der Waals surface area (Å²) in [5.74, 6) is 3.04. The second-order valence-electron chi connectivity index (χ2n) is 5.90. The van der Waals surface area contributed by atoms with Crippen molar-refractivity contribution in [3.8, 4) is 0 Å². The number of H-pyrrole nitrogens is 1. The van der Waals surface area contributed by atoms with E-state index in [1.165, 1.54) is 36.9 Å². The van der Waals surface area contributed by atoms with E-state index in [-0.39, 0.29) is 0 Å². The van der Waals surface area contributed by atoms with Crippen molar-refractivity contribution < 1.29 is 0 Å². The number of aromatic amines is 1. The fourth-order valence-electron chi connectivity index (χ4n) is 3.18. The molecular weight excluding hydrogens is 240 g/mol. The highest BCUT2D eigenvalue weighted by atomic mass is 32.1. The van der Waals surface area contributed by atoms with Gasteiger partial charge in [-0.2, -0.15) is 0 Å². The molecule has 1 saturated carbocycles. The van der Waals surface area contributed by atoms with Crippen LogP contribution >= 0.6 is 12.2 Å². The molecule has 2 atom stereocenters. The number of hydrogen-bond acceptors (Lipinski definition) is 2. The Morgan fingerprint density at radius 2 is 2.11 bits per heavy atom. The standard InChI is InChI=1S/C15H24N2S/c1-5-11-6-7-12(8-11)14-16-10(4)13(9(2)3)15(18)17-14/h9,11-12H,5-8H2,1-4H3,(H,16,17,18). The average Bonchev–Trinajstić information content (AvgIpc) is 2.75. The molecule has 2 nitrogen and oxygen atoms in total. The Morgan fingerprint density at radius 1 is 1.39 bits per heavy atom. The maximum absolute atomic E-state index is 5.47. The van der Waals surface area contributed by atoms with Gasteiger partial charge in [0.05, 0.1) is 0 Å². The Labute approximate surface area is 115 Å². The number of hydrogen-bond donors (Lipinski definition) is 1. The first kappa shape index (κ1) is 13.7. The third-order valence-corrected chi connectivity index (χ3v) is 4.57. The number of aryl methyl sites for hydroxylation is 1.